The van der Waals surface area contributed by atoms with Gasteiger partial charge in [-0.2, -0.15) is 0 Å². The maximum Gasteiger partial charge on any atom is 0.232 e. The summed E-state index contributed by atoms with van der Waals surface area (Å²) >= 11 is 0. The molecule has 0 unspecified atom stereocenters. The number of sulfonamides is 1. The Morgan fingerprint density at radius 2 is 1.93 bits per heavy atom. The standard InChI is InChI=1S/C18H21N3O5S/c1-27(23,24)21(15-4-5-16-17(11-15)26-13-25-16)10-2-3-18(22)20-12-14-6-8-19-9-7-14/h4-9,11H,2-3,10,12-13H2,1H3,(H,20,22). The van der Waals surface area contributed by atoms with Crippen LogP contribution < -0.4 is 19.1 Å². The second-order valence-electron chi connectivity index (χ2n) is 6.11. The molecule has 8 nitrogen and oxygen atoms in total. The van der Waals surface area contributed by atoms with E-state index in [4.69, 9.17) is 9.47 Å². The first-order valence-corrected chi connectivity index (χ1v) is 10.3. The molecule has 0 fully saturated rings. The molecule has 27 heavy (non-hydrogen) atoms. The van der Waals surface area contributed by atoms with Crippen molar-refractivity contribution in [1.29, 1.82) is 0 Å². The number of rotatable bonds is 8. The second kappa shape index (κ2) is 8.26. The molecule has 0 bridgehead atoms. The first-order valence-electron chi connectivity index (χ1n) is 8.46. The van der Waals surface area contributed by atoms with E-state index in [0.717, 1.165) is 11.8 Å². The Morgan fingerprint density at radius 1 is 1.19 bits per heavy atom. The van der Waals surface area contributed by atoms with Crippen LogP contribution in [0, 0.1) is 0 Å². The van der Waals surface area contributed by atoms with E-state index < -0.39 is 10.0 Å². The molecule has 144 valence electrons. The van der Waals surface area contributed by atoms with Crippen LogP contribution >= 0.6 is 0 Å². The highest BCUT2D eigenvalue weighted by atomic mass is 32.2. The number of nitrogens with one attached hydrogen (secondary N) is 1. The van der Waals surface area contributed by atoms with Crippen molar-refractivity contribution in [2.75, 3.05) is 23.9 Å². The van der Waals surface area contributed by atoms with Crippen LogP contribution in [0.2, 0.25) is 0 Å². The normalized spacial score (nSPS) is 12.6. The zero-order valence-electron chi connectivity index (χ0n) is 14.9. The summed E-state index contributed by atoms with van der Waals surface area (Å²) in [7, 11) is -3.49. The highest BCUT2D eigenvalue weighted by Crippen LogP contribution is 2.36. The summed E-state index contributed by atoms with van der Waals surface area (Å²) in [5.74, 6) is 0.963. The third-order valence-corrected chi connectivity index (χ3v) is 5.24. The van der Waals surface area contributed by atoms with Gasteiger partial charge in [-0.15, -0.1) is 0 Å². The molecule has 0 spiro atoms. The molecule has 9 heteroatoms. The molecule has 0 saturated heterocycles. The van der Waals surface area contributed by atoms with Crippen molar-refractivity contribution >= 4 is 21.6 Å². The lowest BCUT2D eigenvalue weighted by Gasteiger charge is -2.22. The largest absolute Gasteiger partial charge is 0.454 e. The molecule has 1 aromatic carbocycles. The molecule has 3 rings (SSSR count). The minimum Gasteiger partial charge on any atom is -0.454 e. The molecule has 1 N–H and O–H groups in total. The van der Waals surface area contributed by atoms with Gasteiger partial charge in [-0.1, -0.05) is 0 Å². The quantitative estimate of drug-likeness (QED) is 0.735. The number of carbonyl (C=O) groups excluding carboxylic acids is 1. The number of benzene rings is 1. The zero-order valence-corrected chi connectivity index (χ0v) is 15.7. The summed E-state index contributed by atoms with van der Waals surface area (Å²) in [6.45, 7) is 0.732. The number of hydrogen-bond donors (Lipinski definition) is 1. The van der Waals surface area contributed by atoms with Crippen LogP contribution in [-0.2, 0) is 21.4 Å². The molecule has 0 saturated carbocycles. The van der Waals surface area contributed by atoms with E-state index in [-0.39, 0.29) is 25.7 Å². The lowest BCUT2D eigenvalue weighted by atomic mass is 10.2. The molecule has 1 aliphatic heterocycles. The SMILES string of the molecule is CS(=O)(=O)N(CCCC(=O)NCc1ccncc1)c1ccc2c(c1)OCO2. The Hall–Kier alpha value is -2.81. The number of ether oxygens (including phenoxy) is 2. The first kappa shape index (κ1) is 19.0. The number of fused-ring (bicyclic) bond motifs is 1. The molecule has 0 atom stereocenters. The Kier molecular flexibility index (Phi) is 5.80. The van der Waals surface area contributed by atoms with E-state index in [2.05, 4.69) is 10.3 Å². The molecule has 1 amide bonds. The summed E-state index contributed by atoms with van der Waals surface area (Å²) in [6.07, 6.45) is 5.08. The average molecular weight is 391 g/mol. The van der Waals surface area contributed by atoms with Crippen LogP contribution in [0.4, 0.5) is 5.69 Å². The van der Waals surface area contributed by atoms with Gasteiger partial charge >= 0.3 is 0 Å². The fraction of sp³-hybridized carbons (Fsp3) is 0.333. The van der Waals surface area contributed by atoms with Gasteiger partial charge in [-0.3, -0.25) is 14.1 Å². The van der Waals surface area contributed by atoms with Crippen molar-refractivity contribution in [2.24, 2.45) is 0 Å². The van der Waals surface area contributed by atoms with Crippen molar-refractivity contribution in [3.8, 4) is 11.5 Å². The zero-order chi connectivity index (χ0) is 19.3. The van der Waals surface area contributed by atoms with E-state index in [1.54, 1.807) is 30.6 Å². The van der Waals surface area contributed by atoms with E-state index in [0.29, 0.717) is 30.2 Å². The molecule has 0 radical (unpaired) electrons. The van der Waals surface area contributed by atoms with E-state index in [9.17, 15) is 13.2 Å². The highest BCUT2D eigenvalue weighted by Gasteiger charge is 2.21. The van der Waals surface area contributed by atoms with Crippen LogP contribution in [-0.4, -0.2) is 38.9 Å². The van der Waals surface area contributed by atoms with Crippen LogP contribution in [0.1, 0.15) is 18.4 Å². The van der Waals surface area contributed by atoms with Crippen LogP contribution in [0.3, 0.4) is 0 Å². The Bertz CT molecular complexity index is 902. The lowest BCUT2D eigenvalue weighted by Crippen LogP contribution is -2.32. The van der Waals surface area contributed by atoms with E-state index in [1.807, 2.05) is 12.1 Å². The topological polar surface area (TPSA) is 97.8 Å². The van der Waals surface area contributed by atoms with Gasteiger partial charge in [0, 0.05) is 38.0 Å². The fourth-order valence-corrected chi connectivity index (χ4v) is 3.66. The second-order valence-corrected chi connectivity index (χ2v) is 8.02. The number of nitrogens with zero attached hydrogens (tertiary/aromatic N) is 2. The van der Waals surface area contributed by atoms with E-state index >= 15 is 0 Å². The highest BCUT2D eigenvalue weighted by molar-refractivity contribution is 7.92. The summed E-state index contributed by atoms with van der Waals surface area (Å²) < 4.78 is 36.2. The maximum atomic E-state index is 12.2. The number of anilines is 1. The van der Waals surface area contributed by atoms with Gasteiger partial charge < -0.3 is 14.8 Å². The minimum absolute atomic E-state index is 0.120. The Morgan fingerprint density at radius 3 is 2.67 bits per heavy atom. The van der Waals surface area contributed by atoms with Gasteiger partial charge in [0.15, 0.2) is 11.5 Å². The number of hydrogen-bond acceptors (Lipinski definition) is 6. The van der Waals surface area contributed by atoms with Gasteiger partial charge in [0.25, 0.3) is 0 Å². The fourth-order valence-electron chi connectivity index (χ4n) is 2.70. The third kappa shape index (κ3) is 5.10. The summed E-state index contributed by atoms with van der Waals surface area (Å²) in [6, 6.07) is 8.62. The van der Waals surface area contributed by atoms with Gasteiger partial charge in [0.2, 0.25) is 22.7 Å². The van der Waals surface area contributed by atoms with Crippen molar-refractivity contribution in [3.63, 3.8) is 0 Å². The van der Waals surface area contributed by atoms with Crippen molar-refractivity contribution < 1.29 is 22.7 Å². The van der Waals surface area contributed by atoms with Crippen LogP contribution in [0.5, 0.6) is 11.5 Å². The molecule has 1 aromatic heterocycles. The molecular weight excluding hydrogens is 370 g/mol. The minimum atomic E-state index is -3.49. The van der Waals surface area contributed by atoms with Crippen molar-refractivity contribution in [2.45, 2.75) is 19.4 Å². The molecule has 2 heterocycles. The lowest BCUT2D eigenvalue weighted by molar-refractivity contribution is -0.121. The average Bonchev–Trinajstić information content (AvgIpc) is 3.11. The predicted molar refractivity (Wildman–Crippen MR) is 100 cm³/mol. The van der Waals surface area contributed by atoms with E-state index in [1.165, 1.54) is 4.31 Å². The first-order chi connectivity index (χ1) is 12.9. The van der Waals surface area contributed by atoms with Crippen molar-refractivity contribution in [3.05, 3.63) is 48.3 Å². The van der Waals surface area contributed by atoms with Gasteiger partial charge in [-0.05, 0) is 36.2 Å². The number of pyridine rings is 1. The summed E-state index contributed by atoms with van der Waals surface area (Å²) in [5.41, 5.74) is 1.44. The smallest absolute Gasteiger partial charge is 0.232 e. The molecule has 0 aliphatic carbocycles. The molecule has 2 aromatic rings. The number of aromatic nitrogens is 1. The van der Waals surface area contributed by atoms with Crippen LogP contribution in [0.15, 0.2) is 42.7 Å². The molecule has 1 aliphatic rings. The Labute approximate surface area is 158 Å². The van der Waals surface area contributed by atoms with Gasteiger partial charge in [0.05, 0.1) is 11.9 Å². The third-order valence-electron chi connectivity index (χ3n) is 4.05. The maximum absolute atomic E-state index is 12.2. The summed E-state index contributed by atoms with van der Waals surface area (Å²) in [5, 5.41) is 2.81. The monoisotopic (exact) mass is 391 g/mol. The van der Waals surface area contributed by atoms with Crippen molar-refractivity contribution in [1.82, 2.24) is 10.3 Å². The summed E-state index contributed by atoms with van der Waals surface area (Å²) in [4.78, 5) is 15.9. The van der Waals surface area contributed by atoms with Gasteiger partial charge in [-0.25, -0.2) is 8.42 Å². The molecular formula is C18H21N3O5S. The predicted octanol–water partition coefficient (Wildman–Crippen LogP) is 1.67. The Balaban J connectivity index is 1.55. The number of amides is 1. The van der Waals surface area contributed by atoms with Crippen LogP contribution in [0.25, 0.3) is 0 Å². The number of carbonyl (C=O) groups is 1. The van der Waals surface area contributed by atoms with Gasteiger partial charge in [0.1, 0.15) is 0 Å².